The Labute approximate surface area is 223 Å². The molecular weight excluding hydrogens is 527 g/mol. The van der Waals surface area contributed by atoms with Crippen LogP contribution < -0.4 is 26.0 Å². The van der Waals surface area contributed by atoms with Crippen molar-refractivity contribution in [2.45, 2.75) is 61.5 Å². The number of amides is 3. The highest BCUT2D eigenvalue weighted by Crippen LogP contribution is 2.29. The van der Waals surface area contributed by atoms with E-state index in [-0.39, 0.29) is 22.7 Å². The summed E-state index contributed by atoms with van der Waals surface area (Å²) < 4.78 is 43.2. The predicted molar refractivity (Wildman–Crippen MR) is 141 cm³/mol. The van der Waals surface area contributed by atoms with E-state index in [0.29, 0.717) is 48.8 Å². The lowest BCUT2D eigenvalue weighted by Gasteiger charge is -2.30. The van der Waals surface area contributed by atoms with Gasteiger partial charge in [0.15, 0.2) is 5.65 Å². The normalized spacial score (nSPS) is 22.6. The lowest BCUT2D eigenvalue weighted by atomic mass is 9.92. The van der Waals surface area contributed by atoms with Crippen LogP contribution in [0, 0.1) is 5.82 Å². The number of aromatic nitrogens is 3. The molecule has 204 valence electrons. The smallest absolute Gasteiger partial charge is 0.326 e. The van der Waals surface area contributed by atoms with Gasteiger partial charge in [0, 0.05) is 29.8 Å². The SMILES string of the molecule is O=C1NC(=O)/C(=C/c2cnn3c(NC4CC4)cc(N[C@H]4CC[C@H](NS(=O)(=O)c5cccc(F)c5)CC4)nc23)N1. The number of sulfonamides is 1. The van der Waals surface area contributed by atoms with E-state index in [9.17, 15) is 22.4 Å². The number of anilines is 2. The van der Waals surface area contributed by atoms with E-state index in [0.717, 1.165) is 24.7 Å². The lowest BCUT2D eigenvalue weighted by molar-refractivity contribution is -0.115. The highest BCUT2D eigenvalue weighted by Gasteiger charge is 2.28. The number of hydrogen-bond donors (Lipinski definition) is 5. The van der Waals surface area contributed by atoms with Crippen LogP contribution in [0.5, 0.6) is 0 Å². The van der Waals surface area contributed by atoms with E-state index < -0.39 is 27.8 Å². The molecule has 3 amide bonds. The minimum absolute atomic E-state index is 0.0632. The summed E-state index contributed by atoms with van der Waals surface area (Å²) in [5, 5.41) is 16.0. The molecule has 2 saturated carbocycles. The molecule has 3 aromatic rings. The van der Waals surface area contributed by atoms with Gasteiger partial charge in [0.05, 0.1) is 11.1 Å². The molecule has 1 aliphatic heterocycles. The number of halogens is 1. The Morgan fingerprint density at radius 2 is 1.69 bits per heavy atom. The number of benzene rings is 1. The Balaban J connectivity index is 1.17. The van der Waals surface area contributed by atoms with Crippen LogP contribution >= 0.6 is 0 Å². The third kappa shape index (κ3) is 5.56. The molecule has 39 heavy (non-hydrogen) atoms. The summed E-state index contributed by atoms with van der Waals surface area (Å²) in [5.74, 6) is 0.259. The molecule has 0 radical (unpaired) electrons. The molecule has 3 heterocycles. The van der Waals surface area contributed by atoms with Crippen LogP contribution in [-0.4, -0.2) is 53.1 Å². The van der Waals surface area contributed by atoms with Gasteiger partial charge in [-0.25, -0.2) is 27.3 Å². The van der Waals surface area contributed by atoms with Crippen molar-refractivity contribution in [3.05, 3.63) is 53.6 Å². The van der Waals surface area contributed by atoms with Gasteiger partial charge in [0.2, 0.25) is 10.0 Å². The molecule has 6 rings (SSSR count). The number of urea groups is 1. The fourth-order valence-corrected chi connectivity index (χ4v) is 6.16. The van der Waals surface area contributed by atoms with Crippen LogP contribution in [0.25, 0.3) is 11.7 Å². The molecule has 5 N–H and O–H groups in total. The van der Waals surface area contributed by atoms with Crippen molar-refractivity contribution in [3.8, 4) is 0 Å². The quantitative estimate of drug-likeness (QED) is 0.210. The zero-order chi connectivity index (χ0) is 27.1. The molecule has 0 atom stereocenters. The second kappa shape index (κ2) is 9.93. The lowest BCUT2D eigenvalue weighted by Crippen LogP contribution is -2.40. The van der Waals surface area contributed by atoms with Crippen molar-refractivity contribution < 1.29 is 22.4 Å². The largest absolute Gasteiger partial charge is 0.367 e. The monoisotopic (exact) mass is 554 g/mol. The van der Waals surface area contributed by atoms with Crippen LogP contribution in [0.1, 0.15) is 44.1 Å². The molecule has 2 aliphatic carbocycles. The fourth-order valence-electron chi connectivity index (χ4n) is 4.82. The van der Waals surface area contributed by atoms with E-state index in [1.807, 2.05) is 6.07 Å². The van der Waals surface area contributed by atoms with E-state index in [2.05, 4.69) is 31.1 Å². The molecule has 3 aliphatic rings. The summed E-state index contributed by atoms with van der Waals surface area (Å²) in [6.07, 6.45) is 7.88. The average molecular weight is 555 g/mol. The van der Waals surface area contributed by atoms with Crippen molar-refractivity contribution in [2.24, 2.45) is 0 Å². The number of hydrogen-bond acceptors (Lipinski definition) is 8. The maximum atomic E-state index is 13.5. The number of nitrogens with one attached hydrogen (secondary N) is 5. The van der Waals surface area contributed by atoms with Crippen LogP contribution in [0.4, 0.5) is 20.8 Å². The van der Waals surface area contributed by atoms with Gasteiger partial charge in [-0.1, -0.05) is 6.07 Å². The molecule has 0 bridgehead atoms. The van der Waals surface area contributed by atoms with Crippen molar-refractivity contribution in [2.75, 3.05) is 10.6 Å². The standard InChI is InChI=1S/C25H27FN8O4S/c26-15-2-1-3-19(11-15)39(37,38)33-18-8-6-16(7-9-18)28-21-12-22(29-17-4-5-17)34-23(31-21)14(13-27-34)10-20-24(35)32-25(36)30-20/h1-3,10-13,16-18,29,33H,4-9H2,(H,28,31)(H2,30,32,35,36)/b20-10-/t16-,18-. The zero-order valence-electron chi connectivity index (χ0n) is 20.8. The summed E-state index contributed by atoms with van der Waals surface area (Å²) in [4.78, 5) is 28.2. The third-order valence-corrected chi connectivity index (χ3v) is 8.47. The molecule has 1 saturated heterocycles. The molecular formula is C25H27FN8O4S. The highest BCUT2D eigenvalue weighted by atomic mass is 32.2. The number of carbonyl (C=O) groups excluding carboxylic acids is 2. The molecule has 3 fully saturated rings. The van der Waals surface area contributed by atoms with Crippen LogP contribution in [0.2, 0.25) is 0 Å². The number of rotatable bonds is 8. The van der Waals surface area contributed by atoms with Gasteiger partial charge in [-0.2, -0.15) is 9.61 Å². The third-order valence-electron chi connectivity index (χ3n) is 6.96. The summed E-state index contributed by atoms with van der Waals surface area (Å²) in [6.45, 7) is 0. The Bertz CT molecular complexity index is 1590. The average Bonchev–Trinajstić information content (AvgIpc) is 3.53. The van der Waals surface area contributed by atoms with Gasteiger partial charge in [0.1, 0.15) is 23.1 Å². The zero-order valence-corrected chi connectivity index (χ0v) is 21.6. The number of fused-ring (bicyclic) bond motifs is 1. The van der Waals surface area contributed by atoms with E-state index in [4.69, 9.17) is 4.98 Å². The maximum absolute atomic E-state index is 13.5. The van der Waals surface area contributed by atoms with Gasteiger partial charge >= 0.3 is 6.03 Å². The Kier molecular flexibility index (Phi) is 6.43. The van der Waals surface area contributed by atoms with E-state index in [1.165, 1.54) is 24.3 Å². The number of nitrogens with zero attached hydrogens (tertiary/aromatic N) is 3. The first-order chi connectivity index (χ1) is 18.7. The fraction of sp³-hybridized carbons (Fsp3) is 0.360. The first-order valence-corrected chi connectivity index (χ1v) is 14.3. The van der Waals surface area contributed by atoms with Gasteiger partial charge in [0.25, 0.3) is 5.91 Å². The first-order valence-electron chi connectivity index (χ1n) is 12.8. The highest BCUT2D eigenvalue weighted by molar-refractivity contribution is 7.89. The van der Waals surface area contributed by atoms with Crippen LogP contribution in [-0.2, 0) is 14.8 Å². The van der Waals surface area contributed by atoms with E-state index in [1.54, 1.807) is 10.7 Å². The minimum atomic E-state index is -3.81. The Morgan fingerprint density at radius 1 is 0.974 bits per heavy atom. The van der Waals surface area contributed by atoms with Crippen LogP contribution in [0.15, 0.2) is 47.1 Å². The molecule has 2 aromatic heterocycles. The number of imide groups is 1. The molecule has 1 aromatic carbocycles. The topological polar surface area (TPSA) is 159 Å². The van der Waals surface area contributed by atoms with Gasteiger partial charge in [-0.05, 0) is 62.8 Å². The molecule has 0 unspecified atom stereocenters. The van der Waals surface area contributed by atoms with Crippen molar-refractivity contribution >= 4 is 45.3 Å². The Morgan fingerprint density at radius 3 is 2.38 bits per heavy atom. The summed E-state index contributed by atoms with van der Waals surface area (Å²) in [5.41, 5.74) is 1.20. The Hall–Kier alpha value is -4.04. The van der Waals surface area contributed by atoms with Crippen molar-refractivity contribution in [1.29, 1.82) is 0 Å². The van der Waals surface area contributed by atoms with Crippen LogP contribution in [0.3, 0.4) is 0 Å². The molecule has 0 spiro atoms. The second-order valence-electron chi connectivity index (χ2n) is 10.0. The molecule has 12 nitrogen and oxygen atoms in total. The predicted octanol–water partition coefficient (Wildman–Crippen LogP) is 2.32. The summed E-state index contributed by atoms with van der Waals surface area (Å²) in [6, 6.07) is 6.45. The van der Waals surface area contributed by atoms with Gasteiger partial charge in [-0.15, -0.1) is 0 Å². The second-order valence-corrected chi connectivity index (χ2v) is 11.7. The number of carbonyl (C=O) groups is 2. The first kappa shape index (κ1) is 25.2. The van der Waals surface area contributed by atoms with Gasteiger partial charge in [-0.3, -0.25) is 10.1 Å². The summed E-state index contributed by atoms with van der Waals surface area (Å²) >= 11 is 0. The van der Waals surface area contributed by atoms with Crippen molar-refractivity contribution in [3.63, 3.8) is 0 Å². The maximum Gasteiger partial charge on any atom is 0.326 e. The summed E-state index contributed by atoms with van der Waals surface area (Å²) in [7, 11) is -3.81. The van der Waals surface area contributed by atoms with Crippen molar-refractivity contribution in [1.82, 2.24) is 30.0 Å². The van der Waals surface area contributed by atoms with E-state index >= 15 is 0 Å². The molecule has 14 heteroatoms. The minimum Gasteiger partial charge on any atom is -0.367 e. The van der Waals surface area contributed by atoms with Gasteiger partial charge < -0.3 is 16.0 Å².